The molecule has 0 atom stereocenters. The number of rotatable bonds is 7. The molecule has 0 unspecified atom stereocenters. The van der Waals surface area contributed by atoms with E-state index in [9.17, 15) is 13.2 Å². The highest BCUT2D eigenvalue weighted by Crippen LogP contribution is 2.33. The molecule has 3 heteroatoms. The Kier molecular flexibility index (Phi) is 6.56. The second kappa shape index (κ2) is 9.09. The molecular weight excluding hydrogens is 357 g/mol. The Morgan fingerprint density at radius 1 is 0.786 bits per heavy atom. The lowest BCUT2D eigenvalue weighted by Crippen LogP contribution is -1.92. The van der Waals surface area contributed by atoms with Gasteiger partial charge in [0.25, 0.3) is 0 Å². The summed E-state index contributed by atoms with van der Waals surface area (Å²) < 4.78 is 44.3. The van der Waals surface area contributed by atoms with Gasteiger partial charge in [-0.1, -0.05) is 75.2 Å². The second-order valence-electron chi connectivity index (χ2n) is 7.12. The predicted octanol–water partition coefficient (Wildman–Crippen LogP) is 8.04. The molecule has 0 nitrogen and oxygen atoms in total. The normalized spacial score (nSPS) is 12.3. The van der Waals surface area contributed by atoms with Gasteiger partial charge in [0.05, 0.1) is 0 Å². The largest absolute Gasteiger partial charge is 0.206 e. The fourth-order valence-electron chi connectivity index (χ4n) is 3.37. The van der Waals surface area contributed by atoms with Crippen molar-refractivity contribution >= 4 is 22.4 Å². The average Bonchev–Trinajstić information content (AvgIpc) is 2.73. The molecule has 28 heavy (non-hydrogen) atoms. The minimum atomic E-state index is -1.17. The number of hydrogen-bond acceptors (Lipinski definition) is 0. The van der Waals surface area contributed by atoms with Crippen molar-refractivity contribution in [1.82, 2.24) is 0 Å². The molecule has 0 aliphatic rings. The lowest BCUT2D eigenvalue weighted by atomic mass is 10.0. The summed E-state index contributed by atoms with van der Waals surface area (Å²) in [7, 11) is 0. The number of fused-ring (bicyclic) bond motifs is 1. The molecule has 0 heterocycles. The van der Waals surface area contributed by atoms with Crippen LogP contribution < -0.4 is 0 Å². The summed E-state index contributed by atoms with van der Waals surface area (Å²) in [5.74, 6) is -2.94. The van der Waals surface area contributed by atoms with Gasteiger partial charge in [-0.2, -0.15) is 0 Å². The molecule has 3 aromatic carbocycles. The molecule has 3 aromatic rings. The average molecular weight is 382 g/mol. The van der Waals surface area contributed by atoms with Crippen LogP contribution in [0.3, 0.4) is 0 Å². The third-order valence-corrected chi connectivity index (χ3v) is 5.13. The van der Waals surface area contributed by atoms with Gasteiger partial charge in [-0.3, -0.25) is 0 Å². The quantitative estimate of drug-likeness (QED) is 0.286. The van der Waals surface area contributed by atoms with Crippen molar-refractivity contribution < 1.29 is 13.2 Å². The summed E-state index contributed by atoms with van der Waals surface area (Å²) in [6.45, 7) is 4.15. The van der Waals surface area contributed by atoms with Crippen molar-refractivity contribution in [2.24, 2.45) is 0 Å². The highest BCUT2D eigenvalue weighted by atomic mass is 19.2. The van der Waals surface area contributed by atoms with Crippen molar-refractivity contribution in [3.8, 4) is 0 Å². The number of hydrogen-bond donors (Lipinski definition) is 0. The van der Waals surface area contributed by atoms with E-state index < -0.39 is 17.5 Å². The van der Waals surface area contributed by atoms with Crippen LogP contribution in [0.15, 0.2) is 54.6 Å². The highest BCUT2D eigenvalue weighted by molar-refractivity contribution is 5.91. The molecule has 0 radical (unpaired) electrons. The summed E-state index contributed by atoms with van der Waals surface area (Å²) in [4.78, 5) is 0. The van der Waals surface area contributed by atoms with Crippen molar-refractivity contribution in [1.29, 1.82) is 0 Å². The summed E-state index contributed by atoms with van der Waals surface area (Å²) in [6, 6.07) is 15.0. The first kappa shape index (κ1) is 20.2. The van der Waals surface area contributed by atoms with Gasteiger partial charge in [0.15, 0.2) is 11.7 Å². The summed E-state index contributed by atoms with van der Waals surface area (Å²) in [5, 5.41) is 0.981. The number of unbranched alkanes of at least 4 members (excludes halogenated alkanes) is 2. The number of benzene rings is 3. The van der Waals surface area contributed by atoms with E-state index >= 15 is 0 Å². The maximum Gasteiger partial charge on any atom is 0.169 e. The lowest BCUT2D eigenvalue weighted by molar-refractivity contribution is 0.622. The van der Waals surface area contributed by atoms with Gasteiger partial charge in [0.1, 0.15) is 5.82 Å². The minimum Gasteiger partial charge on any atom is -0.206 e. The molecule has 0 spiro atoms. The van der Waals surface area contributed by atoms with E-state index in [2.05, 4.69) is 6.92 Å². The SMILES string of the molecule is CCCCCc1ccc(C(F)=C(F)c2ccc3cc(CC)ccc3c2F)cc1. The predicted molar refractivity (Wildman–Crippen MR) is 112 cm³/mol. The Balaban J connectivity index is 1.91. The van der Waals surface area contributed by atoms with Crippen molar-refractivity contribution in [3.05, 3.63) is 82.7 Å². The smallest absolute Gasteiger partial charge is 0.169 e. The molecule has 146 valence electrons. The van der Waals surface area contributed by atoms with Gasteiger partial charge in [0, 0.05) is 16.5 Å². The van der Waals surface area contributed by atoms with Crippen LogP contribution >= 0.6 is 0 Å². The molecule has 0 aromatic heterocycles. The molecule has 3 rings (SSSR count). The molecular formula is C25H25F3. The maximum atomic E-state index is 14.8. The molecule has 0 N–H and O–H groups in total. The van der Waals surface area contributed by atoms with Crippen LogP contribution in [-0.2, 0) is 12.8 Å². The van der Waals surface area contributed by atoms with Gasteiger partial charge >= 0.3 is 0 Å². The molecule has 0 amide bonds. The van der Waals surface area contributed by atoms with Crippen LogP contribution in [0.2, 0.25) is 0 Å². The fraction of sp³-hybridized carbons (Fsp3) is 0.280. The van der Waals surface area contributed by atoms with E-state index in [0.717, 1.165) is 43.2 Å². The van der Waals surface area contributed by atoms with Crippen LogP contribution in [-0.4, -0.2) is 0 Å². The first-order chi connectivity index (χ1) is 13.5. The van der Waals surface area contributed by atoms with E-state index in [1.165, 1.54) is 6.07 Å². The highest BCUT2D eigenvalue weighted by Gasteiger charge is 2.17. The summed E-state index contributed by atoms with van der Waals surface area (Å²) in [6.07, 6.45) is 5.10. The number of halogens is 3. The summed E-state index contributed by atoms with van der Waals surface area (Å²) >= 11 is 0. The monoisotopic (exact) mass is 382 g/mol. The first-order valence-corrected chi connectivity index (χ1v) is 9.91. The minimum absolute atomic E-state index is 0.123. The Morgan fingerprint density at radius 3 is 2.18 bits per heavy atom. The molecule has 0 saturated carbocycles. The van der Waals surface area contributed by atoms with Gasteiger partial charge in [-0.05, 0) is 41.8 Å². The molecule has 0 saturated heterocycles. The Bertz CT molecular complexity index is 985. The Hall–Kier alpha value is -2.55. The summed E-state index contributed by atoms with van der Waals surface area (Å²) in [5.41, 5.74) is 1.94. The molecule has 0 bridgehead atoms. The topological polar surface area (TPSA) is 0 Å². The molecule has 0 aliphatic heterocycles. The second-order valence-corrected chi connectivity index (χ2v) is 7.12. The zero-order valence-electron chi connectivity index (χ0n) is 16.4. The zero-order chi connectivity index (χ0) is 20.1. The van der Waals surface area contributed by atoms with Crippen LogP contribution in [0.1, 0.15) is 55.4 Å². The van der Waals surface area contributed by atoms with Gasteiger partial charge in [-0.25, -0.2) is 13.2 Å². The van der Waals surface area contributed by atoms with Crippen LogP contribution in [0.25, 0.3) is 22.4 Å². The van der Waals surface area contributed by atoms with Gasteiger partial charge in [0.2, 0.25) is 0 Å². The van der Waals surface area contributed by atoms with Crippen LogP contribution in [0.4, 0.5) is 13.2 Å². The Labute approximate surface area is 164 Å². The van der Waals surface area contributed by atoms with Crippen molar-refractivity contribution in [3.63, 3.8) is 0 Å². The first-order valence-electron chi connectivity index (χ1n) is 9.91. The molecule has 0 fully saturated rings. The van der Waals surface area contributed by atoms with E-state index in [4.69, 9.17) is 0 Å². The van der Waals surface area contributed by atoms with E-state index in [1.807, 2.05) is 19.1 Å². The van der Waals surface area contributed by atoms with E-state index in [-0.39, 0.29) is 11.1 Å². The maximum absolute atomic E-state index is 14.8. The van der Waals surface area contributed by atoms with Crippen molar-refractivity contribution in [2.45, 2.75) is 46.0 Å². The fourth-order valence-corrected chi connectivity index (χ4v) is 3.37. The van der Waals surface area contributed by atoms with Crippen LogP contribution in [0, 0.1) is 5.82 Å². The standard InChI is InChI=1S/C25H25F3/c1-3-5-6-7-18-8-11-19(12-9-18)23(26)25(28)22-15-13-20-16-17(4-2)10-14-21(20)24(22)27/h8-16H,3-7H2,1-2H3. The van der Waals surface area contributed by atoms with Crippen molar-refractivity contribution in [2.75, 3.05) is 0 Å². The van der Waals surface area contributed by atoms with Gasteiger partial charge in [-0.15, -0.1) is 0 Å². The zero-order valence-corrected chi connectivity index (χ0v) is 16.4. The van der Waals surface area contributed by atoms with Crippen LogP contribution in [0.5, 0.6) is 0 Å². The third kappa shape index (κ3) is 4.30. The lowest BCUT2D eigenvalue weighted by Gasteiger charge is -2.08. The molecule has 0 aliphatic carbocycles. The van der Waals surface area contributed by atoms with Gasteiger partial charge < -0.3 is 0 Å². The third-order valence-electron chi connectivity index (χ3n) is 5.13. The van der Waals surface area contributed by atoms with E-state index in [0.29, 0.717) is 10.8 Å². The Morgan fingerprint density at radius 2 is 1.50 bits per heavy atom. The number of aryl methyl sites for hydroxylation is 2. The van der Waals surface area contributed by atoms with E-state index in [1.54, 1.807) is 36.4 Å².